The molecule has 2 aromatic rings. The second-order valence-corrected chi connectivity index (χ2v) is 5.67. The predicted molar refractivity (Wildman–Crippen MR) is 78.4 cm³/mol. The van der Waals surface area contributed by atoms with Gasteiger partial charge in [0.2, 0.25) is 0 Å². The van der Waals surface area contributed by atoms with Crippen molar-refractivity contribution in [2.24, 2.45) is 20.0 Å². The highest BCUT2D eigenvalue weighted by molar-refractivity contribution is 5.69. The van der Waals surface area contributed by atoms with Gasteiger partial charge in [-0.1, -0.05) is 0 Å². The third-order valence-electron chi connectivity index (χ3n) is 4.30. The highest BCUT2D eigenvalue weighted by Crippen LogP contribution is 2.18. The summed E-state index contributed by atoms with van der Waals surface area (Å²) in [6.45, 7) is 2.01. The van der Waals surface area contributed by atoms with Crippen LogP contribution in [0.15, 0.2) is 15.9 Å². The first-order valence-electron chi connectivity index (χ1n) is 7.28. The number of ether oxygens (including phenoxy) is 1. The second-order valence-electron chi connectivity index (χ2n) is 5.67. The highest BCUT2D eigenvalue weighted by Gasteiger charge is 2.18. The minimum absolute atomic E-state index is 0.250. The molecule has 21 heavy (non-hydrogen) atoms. The number of aryl methyl sites for hydroxylation is 2. The van der Waals surface area contributed by atoms with E-state index in [9.17, 15) is 9.59 Å². The van der Waals surface area contributed by atoms with Crippen molar-refractivity contribution in [3.05, 3.63) is 27.2 Å². The Morgan fingerprint density at radius 3 is 2.71 bits per heavy atom. The summed E-state index contributed by atoms with van der Waals surface area (Å²) in [5, 5.41) is 0. The fourth-order valence-corrected chi connectivity index (χ4v) is 2.94. The van der Waals surface area contributed by atoms with E-state index in [0.717, 1.165) is 32.5 Å². The van der Waals surface area contributed by atoms with Crippen LogP contribution in [0.2, 0.25) is 0 Å². The topological polar surface area (TPSA) is 71.1 Å². The number of hydrogen-bond donors (Lipinski definition) is 0. The lowest BCUT2D eigenvalue weighted by molar-refractivity contribution is 0.0624. The van der Waals surface area contributed by atoms with Gasteiger partial charge in [0.15, 0.2) is 11.2 Å². The van der Waals surface area contributed by atoms with E-state index in [4.69, 9.17) is 4.74 Å². The number of fused-ring (bicyclic) bond motifs is 1. The fraction of sp³-hybridized carbons (Fsp3) is 0.643. The number of aromatic nitrogens is 4. The molecule has 0 N–H and O–H groups in total. The third-order valence-corrected chi connectivity index (χ3v) is 4.30. The van der Waals surface area contributed by atoms with Gasteiger partial charge in [-0.3, -0.25) is 13.9 Å². The molecule has 0 saturated carbocycles. The maximum atomic E-state index is 12.5. The van der Waals surface area contributed by atoms with E-state index >= 15 is 0 Å². The van der Waals surface area contributed by atoms with Gasteiger partial charge in [0.1, 0.15) is 0 Å². The lowest BCUT2D eigenvalue weighted by Crippen LogP contribution is -2.40. The number of imidazole rings is 1. The van der Waals surface area contributed by atoms with Gasteiger partial charge in [0, 0.05) is 33.9 Å². The molecule has 7 nitrogen and oxygen atoms in total. The summed E-state index contributed by atoms with van der Waals surface area (Å²) in [4.78, 5) is 29.0. The van der Waals surface area contributed by atoms with Crippen molar-refractivity contribution >= 4 is 11.2 Å². The fourth-order valence-electron chi connectivity index (χ4n) is 2.94. The summed E-state index contributed by atoms with van der Waals surface area (Å²) in [6, 6.07) is 0. The van der Waals surface area contributed by atoms with Gasteiger partial charge in [-0.25, -0.2) is 9.78 Å². The predicted octanol–water partition coefficient (Wildman–Crippen LogP) is 0.250. The Labute approximate surface area is 121 Å². The molecular formula is C14H20N4O3. The third kappa shape index (κ3) is 2.42. The average molecular weight is 292 g/mol. The Kier molecular flexibility index (Phi) is 3.67. The van der Waals surface area contributed by atoms with E-state index in [1.165, 1.54) is 9.13 Å². The quantitative estimate of drug-likeness (QED) is 0.813. The number of hydrogen-bond acceptors (Lipinski definition) is 4. The second kappa shape index (κ2) is 5.48. The molecule has 1 aliphatic heterocycles. The summed E-state index contributed by atoms with van der Waals surface area (Å²) in [7, 11) is 3.42. The van der Waals surface area contributed by atoms with Gasteiger partial charge in [-0.2, -0.15) is 0 Å². The maximum Gasteiger partial charge on any atom is 0.332 e. The molecule has 0 amide bonds. The van der Waals surface area contributed by atoms with Crippen molar-refractivity contribution in [1.82, 2.24) is 18.7 Å². The van der Waals surface area contributed by atoms with E-state index in [1.54, 1.807) is 25.0 Å². The van der Waals surface area contributed by atoms with Gasteiger partial charge in [-0.05, 0) is 25.2 Å². The van der Waals surface area contributed by atoms with Crippen LogP contribution in [-0.2, 0) is 25.4 Å². The first-order chi connectivity index (χ1) is 10.1. The van der Waals surface area contributed by atoms with Gasteiger partial charge < -0.3 is 9.30 Å². The number of rotatable bonds is 3. The van der Waals surface area contributed by atoms with Crippen LogP contribution in [0.5, 0.6) is 0 Å². The molecule has 1 aliphatic rings. The van der Waals surface area contributed by atoms with Crippen LogP contribution >= 0.6 is 0 Å². The van der Waals surface area contributed by atoms with Crippen molar-refractivity contribution in [2.75, 3.05) is 13.2 Å². The van der Waals surface area contributed by atoms with Crippen LogP contribution in [0.1, 0.15) is 19.3 Å². The van der Waals surface area contributed by atoms with Crippen LogP contribution in [-0.4, -0.2) is 31.9 Å². The van der Waals surface area contributed by atoms with Crippen LogP contribution < -0.4 is 11.2 Å². The molecule has 1 saturated heterocycles. The smallest absolute Gasteiger partial charge is 0.332 e. The summed E-state index contributed by atoms with van der Waals surface area (Å²) < 4.78 is 9.78. The van der Waals surface area contributed by atoms with Gasteiger partial charge >= 0.3 is 5.69 Å². The molecule has 114 valence electrons. The van der Waals surface area contributed by atoms with Crippen molar-refractivity contribution in [1.29, 1.82) is 0 Å². The minimum atomic E-state index is -0.293. The molecule has 0 spiro atoms. The van der Waals surface area contributed by atoms with Crippen LogP contribution in [0.3, 0.4) is 0 Å². The van der Waals surface area contributed by atoms with Crippen LogP contribution in [0, 0.1) is 5.92 Å². The lowest BCUT2D eigenvalue weighted by atomic mass is 9.97. The first-order valence-corrected chi connectivity index (χ1v) is 7.28. The molecule has 3 rings (SSSR count). The Morgan fingerprint density at radius 2 is 2.00 bits per heavy atom. The highest BCUT2D eigenvalue weighted by atomic mass is 16.5. The van der Waals surface area contributed by atoms with Gasteiger partial charge in [-0.15, -0.1) is 0 Å². The molecule has 7 heteroatoms. The summed E-state index contributed by atoms with van der Waals surface area (Å²) in [5.74, 6) is 0.526. The maximum absolute atomic E-state index is 12.5. The lowest BCUT2D eigenvalue weighted by Gasteiger charge is -2.22. The normalized spacial score (nSPS) is 16.7. The van der Waals surface area contributed by atoms with E-state index < -0.39 is 0 Å². The standard InChI is InChI=1S/C14H20N4O3/c1-16-9-15-12-11(16)13(19)18(14(20)17(12)2)6-3-10-4-7-21-8-5-10/h9-10H,3-8H2,1-2H3. The largest absolute Gasteiger partial charge is 0.381 e. The Morgan fingerprint density at radius 1 is 1.29 bits per heavy atom. The molecular weight excluding hydrogens is 272 g/mol. The minimum Gasteiger partial charge on any atom is -0.381 e. The first kappa shape index (κ1) is 14.1. The van der Waals surface area contributed by atoms with Crippen molar-refractivity contribution in [2.45, 2.75) is 25.8 Å². The molecule has 1 fully saturated rings. The Balaban J connectivity index is 1.96. The zero-order valence-corrected chi connectivity index (χ0v) is 12.4. The zero-order chi connectivity index (χ0) is 15.0. The molecule has 0 aromatic carbocycles. The van der Waals surface area contributed by atoms with E-state index in [-0.39, 0.29) is 11.2 Å². The van der Waals surface area contributed by atoms with Crippen LogP contribution in [0.4, 0.5) is 0 Å². The molecule has 0 unspecified atom stereocenters. The molecule has 2 aromatic heterocycles. The average Bonchev–Trinajstić information content (AvgIpc) is 2.88. The SMILES string of the molecule is Cn1cnc2c1c(=O)n(CCC1CCOCC1)c(=O)n2C. The Hall–Kier alpha value is -1.89. The van der Waals surface area contributed by atoms with Gasteiger partial charge in [0.25, 0.3) is 5.56 Å². The van der Waals surface area contributed by atoms with E-state index in [1.807, 2.05) is 0 Å². The monoisotopic (exact) mass is 292 g/mol. The zero-order valence-electron chi connectivity index (χ0n) is 12.4. The summed E-state index contributed by atoms with van der Waals surface area (Å²) in [5.41, 5.74) is 0.373. The van der Waals surface area contributed by atoms with E-state index in [0.29, 0.717) is 23.6 Å². The van der Waals surface area contributed by atoms with Crippen molar-refractivity contribution in [3.8, 4) is 0 Å². The summed E-state index contributed by atoms with van der Waals surface area (Å²) in [6.07, 6.45) is 4.40. The molecule has 3 heterocycles. The molecule has 0 aliphatic carbocycles. The van der Waals surface area contributed by atoms with Crippen LogP contribution in [0.25, 0.3) is 11.2 Å². The van der Waals surface area contributed by atoms with Gasteiger partial charge in [0.05, 0.1) is 6.33 Å². The van der Waals surface area contributed by atoms with E-state index in [2.05, 4.69) is 4.98 Å². The van der Waals surface area contributed by atoms with Crippen molar-refractivity contribution in [3.63, 3.8) is 0 Å². The Bertz CT molecular complexity index is 765. The summed E-state index contributed by atoms with van der Waals surface area (Å²) >= 11 is 0. The number of nitrogens with zero attached hydrogens (tertiary/aromatic N) is 4. The molecule has 0 bridgehead atoms. The molecule has 0 atom stereocenters. The van der Waals surface area contributed by atoms with Crippen molar-refractivity contribution < 1.29 is 4.74 Å². The molecule has 0 radical (unpaired) electrons.